The molecular formula is C28H47NO18. The number of nitrogens with one attached hydrogen (secondary N) is 1. The monoisotopic (exact) mass is 685 g/mol. The molecule has 0 aromatic carbocycles. The lowest BCUT2D eigenvalue weighted by Gasteiger charge is -2.48. The van der Waals surface area contributed by atoms with Crippen molar-refractivity contribution in [1.82, 2.24) is 5.32 Å². The maximum absolute atomic E-state index is 11.0. The summed E-state index contributed by atoms with van der Waals surface area (Å²) in [6.07, 6.45) is -24.2. The van der Waals surface area contributed by atoms with Crippen molar-refractivity contribution in [2.45, 2.75) is 123 Å². The average Bonchev–Trinajstić information content (AvgIpc) is 3.06. The Bertz CT molecular complexity index is 1040. The summed E-state index contributed by atoms with van der Waals surface area (Å²) >= 11 is 0. The molecule has 0 aromatic rings. The van der Waals surface area contributed by atoms with E-state index in [4.69, 9.17) is 28.4 Å². The number of ether oxygens (including phenoxy) is 6. The third-order valence-corrected chi connectivity index (χ3v) is 8.84. The standard InChI is InChI=1S/C28H47NO18/c1-3-4-42-26-22(40)19(37)24(12(7-31)44-26)47-28-23(41)20(38)25(13(8-32)45-28)46-27-21(39)17(35)14(9(2)43-27)29-11-5-10(6-30)15(33)18(36)16(11)34/h3,5,9,11-41H,1,4,6-8H2,2H3/t9-,11+,12-,13-,14-,15+,16+,17+,18+,19-,20-,21-,22-,23-,24-,25-,26-,27-,28-/m1/s1. The first-order valence-electron chi connectivity index (χ1n) is 15.2. The van der Waals surface area contributed by atoms with Crippen molar-refractivity contribution in [2.75, 3.05) is 26.4 Å². The number of rotatable bonds is 12. The van der Waals surface area contributed by atoms with E-state index in [-0.39, 0.29) is 12.2 Å². The minimum Gasteiger partial charge on any atom is -0.394 e. The van der Waals surface area contributed by atoms with E-state index in [9.17, 15) is 61.3 Å². The van der Waals surface area contributed by atoms with Gasteiger partial charge in [-0.25, -0.2) is 0 Å². The number of hydrogen-bond acceptors (Lipinski definition) is 19. The van der Waals surface area contributed by atoms with Crippen molar-refractivity contribution >= 4 is 0 Å². The summed E-state index contributed by atoms with van der Waals surface area (Å²) in [7, 11) is 0. The first-order valence-corrected chi connectivity index (χ1v) is 15.2. The van der Waals surface area contributed by atoms with E-state index in [0.717, 1.165) is 0 Å². The lowest BCUT2D eigenvalue weighted by molar-refractivity contribution is -0.375. The molecule has 0 radical (unpaired) electrons. The summed E-state index contributed by atoms with van der Waals surface area (Å²) in [6, 6.07) is -2.16. The smallest absolute Gasteiger partial charge is 0.187 e. The highest BCUT2D eigenvalue weighted by molar-refractivity contribution is 5.22. The zero-order valence-corrected chi connectivity index (χ0v) is 25.5. The van der Waals surface area contributed by atoms with Crippen molar-refractivity contribution in [3.63, 3.8) is 0 Å². The van der Waals surface area contributed by atoms with E-state index in [2.05, 4.69) is 11.9 Å². The molecule has 0 unspecified atom stereocenters. The Hall–Kier alpha value is -1.28. The molecule has 0 amide bonds. The molecule has 19 nitrogen and oxygen atoms in total. The molecule has 4 rings (SSSR count). The van der Waals surface area contributed by atoms with Crippen LogP contribution < -0.4 is 5.32 Å². The third kappa shape index (κ3) is 8.05. The van der Waals surface area contributed by atoms with Crippen LogP contribution in [0, 0.1) is 0 Å². The molecule has 3 aliphatic heterocycles. The zero-order chi connectivity index (χ0) is 34.7. The molecule has 19 atom stereocenters. The lowest BCUT2D eigenvalue weighted by atomic mass is 9.86. The van der Waals surface area contributed by atoms with Gasteiger partial charge >= 0.3 is 0 Å². The normalized spacial score (nSPS) is 49.4. The van der Waals surface area contributed by atoms with E-state index in [0.29, 0.717) is 0 Å². The maximum Gasteiger partial charge on any atom is 0.187 e. The molecule has 0 spiro atoms. The van der Waals surface area contributed by atoms with Gasteiger partial charge in [-0.2, -0.15) is 0 Å². The van der Waals surface area contributed by atoms with E-state index >= 15 is 0 Å². The zero-order valence-electron chi connectivity index (χ0n) is 25.5. The van der Waals surface area contributed by atoms with Gasteiger partial charge in [0.1, 0.15) is 79.4 Å². The Labute approximate surface area is 269 Å². The maximum atomic E-state index is 11.0. The number of aliphatic hydroxyl groups is 12. The largest absolute Gasteiger partial charge is 0.394 e. The summed E-state index contributed by atoms with van der Waals surface area (Å²) in [5, 5.41) is 128. The van der Waals surface area contributed by atoms with Crippen LogP contribution in [0.25, 0.3) is 0 Å². The third-order valence-electron chi connectivity index (χ3n) is 8.84. The van der Waals surface area contributed by atoms with Crippen molar-refractivity contribution in [3.8, 4) is 0 Å². The van der Waals surface area contributed by atoms with Gasteiger partial charge in [0.2, 0.25) is 0 Å². The molecule has 0 bridgehead atoms. The molecule has 3 fully saturated rings. The van der Waals surface area contributed by atoms with Crippen LogP contribution in [0.5, 0.6) is 0 Å². The van der Waals surface area contributed by atoms with Crippen LogP contribution in [0.2, 0.25) is 0 Å². The predicted octanol–water partition coefficient (Wildman–Crippen LogP) is -7.35. The van der Waals surface area contributed by atoms with E-state index in [1.807, 2.05) is 0 Å². The quantitative estimate of drug-likeness (QED) is 0.0849. The van der Waals surface area contributed by atoms with Crippen LogP contribution >= 0.6 is 0 Å². The Kier molecular flexibility index (Phi) is 13.6. The van der Waals surface area contributed by atoms with Gasteiger partial charge < -0.3 is 95.0 Å². The predicted molar refractivity (Wildman–Crippen MR) is 152 cm³/mol. The van der Waals surface area contributed by atoms with Crippen molar-refractivity contribution in [1.29, 1.82) is 0 Å². The molecule has 3 saturated heterocycles. The molecule has 3 heterocycles. The van der Waals surface area contributed by atoms with Crippen LogP contribution in [-0.2, 0) is 28.4 Å². The minimum atomic E-state index is -1.92. The van der Waals surface area contributed by atoms with Crippen LogP contribution in [0.15, 0.2) is 24.3 Å². The van der Waals surface area contributed by atoms with Gasteiger partial charge in [0.15, 0.2) is 18.9 Å². The van der Waals surface area contributed by atoms with Crippen molar-refractivity contribution in [2.24, 2.45) is 0 Å². The first-order chi connectivity index (χ1) is 22.3. The van der Waals surface area contributed by atoms with Gasteiger partial charge in [-0.3, -0.25) is 0 Å². The molecule has 1 aliphatic carbocycles. The SMILES string of the molecule is C=CCO[C@@H]1O[C@H](CO)[C@@H](O[C@H]2O[C@H](CO)[C@@H](O[C@H]3O[C@H](C)[C@@H](N[C@H]4C=C(CO)[C@H](O)[C@H](O)[C@H]4O)[C@H](O)[C@H]3O)[C@H](O)[C@H]2O)[C@H](O)[C@H]1O. The van der Waals surface area contributed by atoms with Crippen molar-refractivity contribution < 1.29 is 89.7 Å². The van der Waals surface area contributed by atoms with Crippen molar-refractivity contribution in [3.05, 3.63) is 24.3 Å². The Morgan fingerprint density at radius 3 is 1.74 bits per heavy atom. The fraction of sp³-hybridized carbons (Fsp3) is 0.857. The second-order valence-electron chi connectivity index (χ2n) is 12.0. The summed E-state index contributed by atoms with van der Waals surface area (Å²) in [6.45, 7) is 2.78. The molecule has 4 aliphatic rings. The minimum absolute atomic E-state index is 0.0263. The first kappa shape index (κ1) is 38.5. The summed E-state index contributed by atoms with van der Waals surface area (Å²) in [4.78, 5) is 0. The second kappa shape index (κ2) is 16.6. The second-order valence-corrected chi connectivity index (χ2v) is 12.0. The van der Waals surface area contributed by atoms with Gasteiger partial charge in [-0.1, -0.05) is 12.2 Å². The Morgan fingerprint density at radius 1 is 0.702 bits per heavy atom. The van der Waals surface area contributed by atoms with Gasteiger partial charge in [0, 0.05) is 0 Å². The molecule has 272 valence electrons. The molecular weight excluding hydrogens is 638 g/mol. The lowest BCUT2D eigenvalue weighted by Crippen LogP contribution is -2.68. The molecule has 13 N–H and O–H groups in total. The Morgan fingerprint density at radius 2 is 1.21 bits per heavy atom. The van der Waals surface area contributed by atoms with Crippen LogP contribution in [0.1, 0.15) is 6.92 Å². The van der Waals surface area contributed by atoms with Gasteiger partial charge in [0.05, 0.1) is 44.6 Å². The highest BCUT2D eigenvalue weighted by Gasteiger charge is 2.53. The van der Waals surface area contributed by atoms with Gasteiger partial charge in [-0.15, -0.1) is 6.58 Å². The molecule has 0 saturated carbocycles. The average molecular weight is 686 g/mol. The van der Waals surface area contributed by atoms with Gasteiger partial charge in [0.25, 0.3) is 0 Å². The number of hydrogen-bond donors (Lipinski definition) is 13. The van der Waals surface area contributed by atoms with Crippen LogP contribution in [-0.4, -0.2) is 204 Å². The highest BCUT2D eigenvalue weighted by atomic mass is 16.8. The Balaban J connectivity index is 1.41. The van der Waals surface area contributed by atoms with Crippen LogP contribution in [0.4, 0.5) is 0 Å². The summed E-state index contributed by atoms with van der Waals surface area (Å²) < 4.78 is 33.4. The molecule has 47 heavy (non-hydrogen) atoms. The van der Waals surface area contributed by atoms with E-state index < -0.39 is 136 Å². The van der Waals surface area contributed by atoms with Crippen LogP contribution in [0.3, 0.4) is 0 Å². The molecule has 0 aromatic heterocycles. The number of aliphatic hydroxyl groups excluding tert-OH is 12. The van der Waals surface area contributed by atoms with E-state index in [1.165, 1.54) is 19.1 Å². The van der Waals surface area contributed by atoms with E-state index in [1.54, 1.807) is 0 Å². The summed E-state index contributed by atoms with van der Waals surface area (Å²) in [5.41, 5.74) is 0.0263. The fourth-order valence-corrected chi connectivity index (χ4v) is 6.10. The molecule has 19 heteroatoms. The fourth-order valence-electron chi connectivity index (χ4n) is 6.10. The van der Waals surface area contributed by atoms with Gasteiger partial charge in [-0.05, 0) is 12.5 Å². The summed E-state index contributed by atoms with van der Waals surface area (Å²) in [5.74, 6) is 0. The highest BCUT2D eigenvalue weighted by Crippen LogP contribution is 2.33. The topological polar surface area (TPSA) is 310 Å².